The lowest BCUT2D eigenvalue weighted by molar-refractivity contribution is 0.0950. The number of halogens is 2. The molecule has 2 aromatic heterocycles. The summed E-state index contributed by atoms with van der Waals surface area (Å²) in [5, 5.41) is 14.1. The zero-order chi connectivity index (χ0) is 17.6. The summed E-state index contributed by atoms with van der Waals surface area (Å²) in [7, 11) is 0. The van der Waals surface area contributed by atoms with Crippen molar-refractivity contribution in [3.8, 4) is 10.7 Å². The van der Waals surface area contributed by atoms with Crippen LogP contribution in [0.5, 0.6) is 0 Å². The number of amides is 1. The van der Waals surface area contributed by atoms with Crippen LogP contribution in [-0.2, 0) is 6.54 Å². The van der Waals surface area contributed by atoms with Crippen LogP contribution in [0.3, 0.4) is 0 Å². The number of carbonyl (C=O) groups is 1. The topological polar surface area (TPSA) is 82.7 Å². The summed E-state index contributed by atoms with van der Waals surface area (Å²) >= 11 is 1.52. The highest BCUT2D eigenvalue weighted by molar-refractivity contribution is 7.13. The molecule has 2 heterocycles. The smallest absolute Gasteiger partial charge is 0.255 e. The molecule has 0 aliphatic rings. The van der Waals surface area contributed by atoms with E-state index in [1.807, 2.05) is 17.5 Å². The number of hydrogen-bond acceptors (Lipinski definition) is 5. The molecular formula is C16H15F2N5OS. The first-order valence-electron chi connectivity index (χ1n) is 7.48. The number of anilines is 1. The highest BCUT2D eigenvalue weighted by Crippen LogP contribution is 2.20. The summed E-state index contributed by atoms with van der Waals surface area (Å²) < 4.78 is 24.7. The van der Waals surface area contributed by atoms with Gasteiger partial charge in [-0.05, 0) is 23.6 Å². The minimum atomic E-state index is -2.50. The fourth-order valence-corrected chi connectivity index (χ4v) is 2.83. The van der Waals surface area contributed by atoms with Crippen molar-refractivity contribution in [1.29, 1.82) is 0 Å². The van der Waals surface area contributed by atoms with Crippen LogP contribution in [0.15, 0.2) is 41.8 Å². The third-order valence-corrected chi connectivity index (χ3v) is 4.17. The van der Waals surface area contributed by atoms with Crippen molar-refractivity contribution in [2.75, 3.05) is 11.9 Å². The largest absolute Gasteiger partial charge is 0.379 e. The van der Waals surface area contributed by atoms with Gasteiger partial charge in [0.15, 0.2) is 5.82 Å². The Kier molecular flexibility index (Phi) is 5.34. The summed E-state index contributed by atoms with van der Waals surface area (Å²) in [6, 6.07) is 10.3. The van der Waals surface area contributed by atoms with Crippen LogP contribution in [0.2, 0.25) is 0 Å². The van der Waals surface area contributed by atoms with Crippen LogP contribution in [-0.4, -0.2) is 34.1 Å². The van der Waals surface area contributed by atoms with E-state index in [-0.39, 0.29) is 12.5 Å². The van der Waals surface area contributed by atoms with Crippen molar-refractivity contribution in [3.63, 3.8) is 0 Å². The Morgan fingerprint density at radius 2 is 2.08 bits per heavy atom. The van der Waals surface area contributed by atoms with Gasteiger partial charge in [0, 0.05) is 5.69 Å². The van der Waals surface area contributed by atoms with Gasteiger partial charge in [0.1, 0.15) is 5.82 Å². The molecule has 0 fully saturated rings. The number of para-hydroxylation sites is 1. The third-order valence-electron chi connectivity index (χ3n) is 3.31. The van der Waals surface area contributed by atoms with Crippen molar-refractivity contribution >= 4 is 22.9 Å². The number of H-pyrrole nitrogens is 1. The second-order valence-corrected chi connectivity index (χ2v) is 6.03. The molecule has 0 unspecified atom stereocenters. The molecule has 0 spiro atoms. The van der Waals surface area contributed by atoms with Gasteiger partial charge in [0.25, 0.3) is 12.3 Å². The van der Waals surface area contributed by atoms with E-state index in [1.165, 1.54) is 11.3 Å². The van der Waals surface area contributed by atoms with Gasteiger partial charge in [-0.15, -0.1) is 11.3 Å². The molecule has 3 rings (SSSR count). The van der Waals surface area contributed by atoms with Crippen molar-refractivity contribution < 1.29 is 13.6 Å². The fourth-order valence-electron chi connectivity index (χ4n) is 2.17. The first-order valence-corrected chi connectivity index (χ1v) is 8.36. The van der Waals surface area contributed by atoms with E-state index < -0.39 is 13.0 Å². The summed E-state index contributed by atoms with van der Waals surface area (Å²) in [6.45, 7) is -0.364. The number of aromatic nitrogens is 3. The highest BCUT2D eigenvalue weighted by atomic mass is 32.1. The molecule has 130 valence electrons. The Hall–Kier alpha value is -2.81. The number of nitrogens with one attached hydrogen (secondary N) is 3. The highest BCUT2D eigenvalue weighted by Gasteiger charge is 2.13. The number of nitrogens with zero attached hydrogens (tertiary/aromatic N) is 2. The minimum absolute atomic E-state index is 0.153. The number of aromatic amines is 1. The quantitative estimate of drug-likeness (QED) is 0.602. The van der Waals surface area contributed by atoms with E-state index in [0.717, 1.165) is 4.88 Å². The van der Waals surface area contributed by atoms with Gasteiger partial charge in [0.2, 0.25) is 0 Å². The monoisotopic (exact) mass is 363 g/mol. The predicted molar refractivity (Wildman–Crippen MR) is 91.8 cm³/mol. The average Bonchev–Trinajstić information content (AvgIpc) is 3.29. The van der Waals surface area contributed by atoms with E-state index in [0.29, 0.717) is 22.9 Å². The van der Waals surface area contributed by atoms with E-state index in [1.54, 1.807) is 24.3 Å². The molecule has 0 bridgehead atoms. The maximum absolute atomic E-state index is 12.4. The number of benzene rings is 1. The maximum Gasteiger partial charge on any atom is 0.255 e. The molecule has 25 heavy (non-hydrogen) atoms. The molecule has 0 saturated carbocycles. The Morgan fingerprint density at radius 3 is 2.84 bits per heavy atom. The van der Waals surface area contributed by atoms with Gasteiger partial charge in [-0.2, -0.15) is 5.10 Å². The Balaban J connectivity index is 1.63. The third kappa shape index (κ3) is 4.38. The number of hydrogen-bond donors (Lipinski definition) is 3. The molecule has 1 aromatic carbocycles. The van der Waals surface area contributed by atoms with E-state index in [2.05, 4.69) is 25.8 Å². The second-order valence-electron chi connectivity index (χ2n) is 5.08. The second kappa shape index (κ2) is 7.84. The lowest BCUT2D eigenvalue weighted by atomic mass is 10.1. The zero-order valence-electron chi connectivity index (χ0n) is 13.0. The summed E-state index contributed by atoms with van der Waals surface area (Å²) in [4.78, 5) is 17.6. The molecule has 1 amide bonds. The van der Waals surface area contributed by atoms with Crippen LogP contribution in [0.25, 0.3) is 10.7 Å². The van der Waals surface area contributed by atoms with E-state index in [4.69, 9.17) is 0 Å². The van der Waals surface area contributed by atoms with Crippen LogP contribution in [0.1, 0.15) is 16.2 Å². The maximum atomic E-state index is 12.4. The standard InChI is InChI=1S/C16H15F2N5OS/c17-13(18)8-19-11-5-2-1-4-10(11)16(24)20-9-14-21-15(23-22-14)12-6-3-7-25-12/h1-7,13,19H,8-9H2,(H,20,24)(H,21,22,23). The van der Waals surface area contributed by atoms with Crippen molar-refractivity contribution in [2.45, 2.75) is 13.0 Å². The summed E-state index contributed by atoms with van der Waals surface area (Å²) in [6.07, 6.45) is -2.50. The Bertz CT molecular complexity index is 835. The average molecular weight is 363 g/mol. The van der Waals surface area contributed by atoms with Crippen LogP contribution in [0, 0.1) is 0 Å². The SMILES string of the molecule is O=C(NCc1nc(-c2cccs2)n[nH]1)c1ccccc1NCC(F)F. The van der Waals surface area contributed by atoms with E-state index in [9.17, 15) is 13.6 Å². The molecule has 0 radical (unpaired) electrons. The van der Waals surface area contributed by atoms with Gasteiger partial charge in [-0.3, -0.25) is 9.89 Å². The lowest BCUT2D eigenvalue weighted by Gasteiger charge is -2.11. The molecule has 9 heteroatoms. The summed E-state index contributed by atoms with van der Waals surface area (Å²) in [5.74, 6) is 0.694. The number of thiophene rings is 1. The van der Waals surface area contributed by atoms with Crippen LogP contribution in [0.4, 0.5) is 14.5 Å². The van der Waals surface area contributed by atoms with Crippen molar-refractivity contribution in [2.24, 2.45) is 0 Å². The van der Waals surface area contributed by atoms with Gasteiger partial charge in [-0.1, -0.05) is 18.2 Å². The van der Waals surface area contributed by atoms with Gasteiger partial charge in [-0.25, -0.2) is 13.8 Å². The van der Waals surface area contributed by atoms with Crippen LogP contribution >= 0.6 is 11.3 Å². The van der Waals surface area contributed by atoms with Gasteiger partial charge < -0.3 is 10.6 Å². The molecule has 3 N–H and O–H groups in total. The lowest BCUT2D eigenvalue weighted by Crippen LogP contribution is -2.25. The molecule has 0 aliphatic carbocycles. The number of rotatable bonds is 7. The first-order chi connectivity index (χ1) is 12.1. The van der Waals surface area contributed by atoms with E-state index >= 15 is 0 Å². The number of carbonyl (C=O) groups excluding carboxylic acids is 1. The number of alkyl halides is 2. The van der Waals surface area contributed by atoms with Crippen molar-refractivity contribution in [3.05, 3.63) is 53.2 Å². The van der Waals surface area contributed by atoms with Crippen molar-refractivity contribution in [1.82, 2.24) is 20.5 Å². The Morgan fingerprint density at radius 1 is 1.24 bits per heavy atom. The molecule has 3 aromatic rings. The Labute approximate surface area is 146 Å². The molecular weight excluding hydrogens is 348 g/mol. The molecule has 6 nitrogen and oxygen atoms in total. The van der Waals surface area contributed by atoms with Gasteiger partial charge in [0.05, 0.1) is 23.5 Å². The minimum Gasteiger partial charge on any atom is -0.379 e. The zero-order valence-corrected chi connectivity index (χ0v) is 13.8. The predicted octanol–water partition coefficient (Wildman–Crippen LogP) is 3.14. The van der Waals surface area contributed by atoms with Crippen LogP contribution < -0.4 is 10.6 Å². The normalized spacial score (nSPS) is 10.8. The fraction of sp³-hybridized carbons (Fsp3) is 0.188. The molecule has 0 atom stereocenters. The molecule has 0 aliphatic heterocycles. The first kappa shape index (κ1) is 17.0. The molecule has 0 saturated heterocycles. The summed E-state index contributed by atoms with van der Waals surface area (Å²) in [5.41, 5.74) is 0.651. The van der Waals surface area contributed by atoms with Gasteiger partial charge >= 0.3 is 0 Å².